The Morgan fingerprint density at radius 2 is 2.00 bits per heavy atom. The molecule has 1 aliphatic heterocycles. The van der Waals surface area contributed by atoms with Gasteiger partial charge in [-0.05, 0) is 37.1 Å². The van der Waals surface area contributed by atoms with Crippen molar-refractivity contribution in [3.05, 3.63) is 52.3 Å². The molecule has 6 nitrogen and oxygen atoms in total. The molecule has 1 fully saturated rings. The molecule has 2 aromatic rings. The number of pyridine rings is 1. The summed E-state index contributed by atoms with van der Waals surface area (Å²) in [5.41, 5.74) is 3.94. The van der Waals surface area contributed by atoms with Crippen LogP contribution < -0.4 is 10.6 Å². The van der Waals surface area contributed by atoms with Gasteiger partial charge in [-0.15, -0.1) is 0 Å². The van der Waals surface area contributed by atoms with E-state index in [1.807, 2.05) is 26.0 Å². The summed E-state index contributed by atoms with van der Waals surface area (Å²) < 4.78 is 5.35. The molecule has 1 amide bonds. The molecule has 0 spiro atoms. The number of halogens is 1. The number of nitrogens with one attached hydrogen (secondary N) is 2. The van der Waals surface area contributed by atoms with Crippen molar-refractivity contribution >= 4 is 28.9 Å². The first kappa shape index (κ1) is 19.6. The number of nitrogens with zero attached hydrogens (tertiary/aromatic N) is 2. The van der Waals surface area contributed by atoms with Gasteiger partial charge in [0.2, 0.25) is 0 Å². The Hall–Kier alpha value is -2.15. The van der Waals surface area contributed by atoms with Crippen LogP contribution in [0.15, 0.2) is 30.6 Å². The van der Waals surface area contributed by atoms with Crippen molar-refractivity contribution in [1.29, 1.82) is 0 Å². The predicted molar refractivity (Wildman–Crippen MR) is 109 cm³/mol. The molecule has 1 aliphatic rings. The maximum absolute atomic E-state index is 12.6. The Morgan fingerprint density at radius 3 is 2.74 bits per heavy atom. The summed E-state index contributed by atoms with van der Waals surface area (Å²) in [6.45, 7) is 9.11. The molecule has 7 heteroatoms. The Labute approximate surface area is 164 Å². The number of amides is 1. The molecule has 2 heterocycles. The summed E-state index contributed by atoms with van der Waals surface area (Å²) in [5, 5.41) is 6.76. The van der Waals surface area contributed by atoms with Gasteiger partial charge in [-0.3, -0.25) is 14.7 Å². The van der Waals surface area contributed by atoms with Gasteiger partial charge >= 0.3 is 0 Å². The van der Waals surface area contributed by atoms with E-state index in [0.717, 1.165) is 56.2 Å². The lowest BCUT2D eigenvalue weighted by atomic mass is 10.1. The van der Waals surface area contributed by atoms with Crippen LogP contribution in [0.2, 0.25) is 5.02 Å². The molecule has 0 unspecified atom stereocenters. The molecule has 1 aromatic heterocycles. The second kappa shape index (κ2) is 9.17. The number of aryl methyl sites for hydroxylation is 2. The topological polar surface area (TPSA) is 66.5 Å². The Kier molecular flexibility index (Phi) is 6.66. The van der Waals surface area contributed by atoms with E-state index in [1.54, 1.807) is 18.5 Å². The van der Waals surface area contributed by atoms with Crippen molar-refractivity contribution in [2.75, 3.05) is 50.0 Å². The number of carbonyl (C=O) groups excluding carboxylic acids is 1. The highest BCUT2D eigenvalue weighted by atomic mass is 35.5. The molecule has 0 saturated carbocycles. The molecule has 1 aromatic carbocycles. The van der Waals surface area contributed by atoms with Crippen molar-refractivity contribution in [1.82, 2.24) is 9.88 Å². The van der Waals surface area contributed by atoms with E-state index < -0.39 is 0 Å². The van der Waals surface area contributed by atoms with Crippen LogP contribution in [0.3, 0.4) is 0 Å². The molecule has 27 heavy (non-hydrogen) atoms. The Morgan fingerprint density at radius 1 is 1.22 bits per heavy atom. The van der Waals surface area contributed by atoms with Crippen molar-refractivity contribution in [2.45, 2.75) is 13.8 Å². The monoisotopic (exact) mass is 388 g/mol. The summed E-state index contributed by atoms with van der Waals surface area (Å²) in [5.74, 6) is -0.229. The van der Waals surface area contributed by atoms with E-state index in [0.29, 0.717) is 16.3 Å². The van der Waals surface area contributed by atoms with Crippen LogP contribution in [-0.4, -0.2) is 55.2 Å². The second-order valence-electron chi connectivity index (χ2n) is 6.74. The van der Waals surface area contributed by atoms with E-state index in [9.17, 15) is 4.79 Å². The zero-order valence-corrected chi connectivity index (χ0v) is 16.5. The van der Waals surface area contributed by atoms with E-state index in [2.05, 4.69) is 20.5 Å². The molecule has 2 N–H and O–H groups in total. The smallest absolute Gasteiger partial charge is 0.257 e. The van der Waals surface area contributed by atoms with Gasteiger partial charge in [0.05, 0.1) is 35.2 Å². The first-order valence-corrected chi connectivity index (χ1v) is 9.48. The van der Waals surface area contributed by atoms with Gasteiger partial charge in [-0.1, -0.05) is 17.7 Å². The third-order valence-corrected chi connectivity index (χ3v) is 4.83. The van der Waals surface area contributed by atoms with Crippen LogP contribution in [0.25, 0.3) is 0 Å². The van der Waals surface area contributed by atoms with Gasteiger partial charge in [0.1, 0.15) is 0 Å². The van der Waals surface area contributed by atoms with Gasteiger partial charge in [0.15, 0.2) is 0 Å². The molecule has 0 radical (unpaired) electrons. The van der Waals surface area contributed by atoms with Crippen LogP contribution in [0.5, 0.6) is 0 Å². The van der Waals surface area contributed by atoms with E-state index in [4.69, 9.17) is 16.3 Å². The highest BCUT2D eigenvalue weighted by Gasteiger charge is 2.13. The average Bonchev–Trinajstić information content (AvgIpc) is 2.65. The van der Waals surface area contributed by atoms with Crippen LogP contribution in [-0.2, 0) is 4.74 Å². The molecule has 0 aliphatic carbocycles. The summed E-state index contributed by atoms with van der Waals surface area (Å²) in [7, 11) is 0. The highest BCUT2D eigenvalue weighted by molar-refractivity contribution is 6.34. The molecule has 0 atom stereocenters. The first-order valence-electron chi connectivity index (χ1n) is 9.10. The number of hydrogen-bond donors (Lipinski definition) is 2. The zero-order valence-electron chi connectivity index (χ0n) is 15.7. The largest absolute Gasteiger partial charge is 0.382 e. The molecular weight excluding hydrogens is 364 g/mol. The van der Waals surface area contributed by atoms with Crippen molar-refractivity contribution in [3.8, 4) is 0 Å². The standard InChI is InChI=1S/C20H25ClN4O2/c1-14-9-15(2)19(18(21)10-14)24-20(26)16-11-17(13-22-12-16)23-3-4-25-5-7-27-8-6-25/h9-13,23H,3-8H2,1-2H3,(H,24,26). The van der Waals surface area contributed by atoms with Gasteiger partial charge in [0.25, 0.3) is 5.91 Å². The average molecular weight is 389 g/mol. The number of rotatable bonds is 6. The number of hydrogen-bond acceptors (Lipinski definition) is 5. The fourth-order valence-electron chi connectivity index (χ4n) is 3.10. The van der Waals surface area contributed by atoms with Crippen LogP contribution >= 0.6 is 11.6 Å². The summed E-state index contributed by atoms with van der Waals surface area (Å²) in [4.78, 5) is 19.1. The highest BCUT2D eigenvalue weighted by Crippen LogP contribution is 2.27. The minimum absolute atomic E-state index is 0.229. The number of aromatic nitrogens is 1. The van der Waals surface area contributed by atoms with Crippen LogP contribution in [0, 0.1) is 13.8 Å². The van der Waals surface area contributed by atoms with E-state index in [-0.39, 0.29) is 5.91 Å². The number of anilines is 2. The fraction of sp³-hybridized carbons (Fsp3) is 0.400. The number of carbonyl (C=O) groups is 1. The minimum Gasteiger partial charge on any atom is -0.382 e. The summed E-state index contributed by atoms with van der Waals surface area (Å²) >= 11 is 6.28. The van der Waals surface area contributed by atoms with E-state index >= 15 is 0 Å². The van der Waals surface area contributed by atoms with E-state index in [1.165, 1.54) is 0 Å². The van der Waals surface area contributed by atoms with Crippen molar-refractivity contribution in [3.63, 3.8) is 0 Å². The van der Waals surface area contributed by atoms with Gasteiger partial charge < -0.3 is 15.4 Å². The third-order valence-electron chi connectivity index (χ3n) is 4.53. The normalized spacial score (nSPS) is 14.8. The molecular formula is C20H25ClN4O2. The summed E-state index contributed by atoms with van der Waals surface area (Å²) in [6, 6.07) is 5.63. The Balaban J connectivity index is 1.60. The van der Waals surface area contributed by atoms with Crippen LogP contribution in [0.1, 0.15) is 21.5 Å². The lowest BCUT2D eigenvalue weighted by Crippen LogP contribution is -2.39. The Bertz CT molecular complexity index is 783. The third kappa shape index (κ3) is 5.42. The van der Waals surface area contributed by atoms with Gasteiger partial charge in [0, 0.05) is 38.6 Å². The number of ether oxygens (including phenoxy) is 1. The maximum atomic E-state index is 12.6. The maximum Gasteiger partial charge on any atom is 0.257 e. The first-order chi connectivity index (χ1) is 13.0. The summed E-state index contributed by atoms with van der Waals surface area (Å²) in [6.07, 6.45) is 3.28. The molecule has 0 bridgehead atoms. The van der Waals surface area contributed by atoms with Gasteiger partial charge in [-0.25, -0.2) is 0 Å². The lowest BCUT2D eigenvalue weighted by Gasteiger charge is -2.26. The predicted octanol–water partition coefficient (Wildman–Crippen LogP) is 3.35. The van der Waals surface area contributed by atoms with Crippen molar-refractivity contribution in [2.24, 2.45) is 0 Å². The fourth-order valence-corrected chi connectivity index (χ4v) is 3.47. The lowest BCUT2D eigenvalue weighted by molar-refractivity contribution is 0.0398. The van der Waals surface area contributed by atoms with Crippen molar-refractivity contribution < 1.29 is 9.53 Å². The number of morpholine rings is 1. The second-order valence-corrected chi connectivity index (χ2v) is 7.14. The molecule has 144 valence electrons. The zero-order chi connectivity index (χ0) is 19.2. The number of benzene rings is 1. The minimum atomic E-state index is -0.229. The van der Waals surface area contributed by atoms with Gasteiger partial charge in [-0.2, -0.15) is 0 Å². The quantitative estimate of drug-likeness (QED) is 0.794. The molecule has 1 saturated heterocycles. The SMILES string of the molecule is Cc1cc(C)c(NC(=O)c2cncc(NCCN3CCOCC3)c2)c(Cl)c1. The molecule has 3 rings (SSSR count). The van der Waals surface area contributed by atoms with Crippen LogP contribution in [0.4, 0.5) is 11.4 Å².